The van der Waals surface area contributed by atoms with Crippen LogP contribution < -0.4 is 9.47 Å². The molecule has 2 aliphatic heterocycles. The van der Waals surface area contributed by atoms with Crippen LogP contribution in [0.3, 0.4) is 0 Å². The van der Waals surface area contributed by atoms with Gasteiger partial charge in [-0.2, -0.15) is 0 Å². The molecule has 158 valence electrons. The fraction of sp³-hybridized carbons (Fsp3) is 0.417. The van der Waals surface area contributed by atoms with Crippen molar-refractivity contribution in [1.29, 1.82) is 0 Å². The number of nitrogens with zero attached hydrogens (tertiary/aromatic N) is 2. The molecule has 6 heteroatoms. The highest BCUT2D eigenvalue weighted by Gasteiger charge is 2.10. The topological polar surface area (TPSA) is 61.6 Å². The molecule has 30 heavy (non-hydrogen) atoms. The standard InChI is InChI=1S/C24H28N2O4/c1(3-15-27-21-9-5-19(6-10-21)23-25-13-17-29-23)2-4-16-28-22-11-7-20(8-12-22)24-26-14-18-30-24/h5-12H,1-4,13-18H2. The minimum Gasteiger partial charge on any atom is -0.494 e. The van der Waals surface area contributed by atoms with Gasteiger partial charge in [0, 0.05) is 11.1 Å². The zero-order valence-electron chi connectivity index (χ0n) is 17.2. The summed E-state index contributed by atoms with van der Waals surface area (Å²) in [6, 6.07) is 15.9. The summed E-state index contributed by atoms with van der Waals surface area (Å²) in [6.07, 6.45) is 4.33. The SMILES string of the molecule is c1cc(C2=NCCO2)ccc1OCCCCCCOc1ccc(C2=NCCO2)cc1. The Morgan fingerprint density at radius 1 is 0.600 bits per heavy atom. The van der Waals surface area contributed by atoms with Gasteiger partial charge in [-0.1, -0.05) is 0 Å². The Hall–Kier alpha value is -3.02. The van der Waals surface area contributed by atoms with E-state index in [0.717, 1.165) is 86.4 Å². The van der Waals surface area contributed by atoms with Gasteiger partial charge >= 0.3 is 0 Å². The van der Waals surface area contributed by atoms with Crippen LogP contribution in [0, 0.1) is 0 Å². The molecule has 2 aliphatic rings. The molecule has 0 amide bonds. The number of ether oxygens (including phenoxy) is 4. The molecule has 0 saturated carbocycles. The number of hydrogen-bond acceptors (Lipinski definition) is 6. The zero-order chi connectivity index (χ0) is 20.4. The van der Waals surface area contributed by atoms with Crippen molar-refractivity contribution in [2.45, 2.75) is 25.7 Å². The molecular formula is C24H28N2O4. The largest absolute Gasteiger partial charge is 0.494 e. The molecule has 0 aliphatic carbocycles. The summed E-state index contributed by atoms with van der Waals surface area (Å²) in [6.45, 7) is 4.30. The van der Waals surface area contributed by atoms with Crippen LogP contribution in [0.15, 0.2) is 58.5 Å². The van der Waals surface area contributed by atoms with Gasteiger partial charge in [-0.3, -0.25) is 0 Å². The van der Waals surface area contributed by atoms with E-state index in [1.54, 1.807) is 0 Å². The highest BCUT2D eigenvalue weighted by atomic mass is 16.5. The highest BCUT2D eigenvalue weighted by molar-refractivity contribution is 5.95. The second kappa shape index (κ2) is 10.7. The van der Waals surface area contributed by atoms with E-state index < -0.39 is 0 Å². The van der Waals surface area contributed by atoms with E-state index in [-0.39, 0.29) is 0 Å². The fourth-order valence-corrected chi connectivity index (χ4v) is 3.34. The van der Waals surface area contributed by atoms with Crippen molar-refractivity contribution >= 4 is 11.8 Å². The second-order valence-electron chi connectivity index (χ2n) is 7.23. The molecule has 0 aromatic heterocycles. The van der Waals surface area contributed by atoms with Crippen LogP contribution in [0.1, 0.15) is 36.8 Å². The van der Waals surface area contributed by atoms with Crippen molar-refractivity contribution in [2.75, 3.05) is 39.5 Å². The van der Waals surface area contributed by atoms with Crippen molar-refractivity contribution in [3.8, 4) is 11.5 Å². The first-order chi connectivity index (χ1) is 14.9. The van der Waals surface area contributed by atoms with Crippen molar-refractivity contribution in [3.05, 3.63) is 59.7 Å². The third-order valence-electron chi connectivity index (χ3n) is 4.95. The molecule has 2 aromatic rings. The Morgan fingerprint density at radius 3 is 1.40 bits per heavy atom. The molecule has 0 bridgehead atoms. The van der Waals surface area contributed by atoms with Gasteiger partial charge < -0.3 is 18.9 Å². The lowest BCUT2D eigenvalue weighted by atomic mass is 10.2. The molecule has 0 radical (unpaired) electrons. The lowest BCUT2D eigenvalue weighted by Gasteiger charge is -2.08. The van der Waals surface area contributed by atoms with Crippen molar-refractivity contribution in [3.63, 3.8) is 0 Å². The Labute approximate surface area is 177 Å². The van der Waals surface area contributed by atoms with Gasteiger partial charge in [0.05, 0.1) is 26.3 Å². The fourth-order valence-electron chi connectivity index (χ4n) is 3.34. The van der Waals surface area contributed by atoms with Crippen LogP contribution in [0.2, 0.25) is 0 Å². The van der Waals surface area contributed by atoms with Gasteiger partial charge in [0.15, 0.2) is 0 Å². The first kappa shape index (κ1) is 20.3. The summed E-state index contributed by atoms with van der Waals surface area (Å²) in [5.41, 5.74) is 2.02. The Balaban J connectivity index is 1.05. The number of unbranched alkanes of at least 4 members (excludes halogenated alkanes) is 3. The summed E-state index contributed by atoms with van der Waals surface area (Å²) in [4.78, 5) is 8.64. The van der Waals surface area contributed by atoms with E-state index in [1.807, 2.05) is 48.5 Å². The minimum absolute atomic E-state index is 0.677. The normalized spacial score (nSPS) is 15.2. The highest BCUT2D eigenvalue weighted by Crippen LogP contribution is 2.17. The Bertz CT molecular complexity index is 786. The third kappa shape index (κ3) is 5.75. The molecule has 0 saturated heterocycles. The lowest BCUT2D eigenvalue weighted by molar-refractivity contribution is 0.287. The molecule has 0 spiro atoms. The van der Waals surface area contributed by atoms with E-state index in [9.17, 15) is 0 Å². The second-order valence-corrected chi connectivity index (χ2v) is 7.23. The van der Waals surface area contributed by atoms with Gasteiger partial charge in [0.25, 0.3) is 0 Å². The quantitative estimate of drug-likeness (QED) is 0.521. The van der Waals surface area contributed by atoms with Crippen molar-refractivity contribution in [1.82, 2.24) is 0 Å². The molecule has 0 unspecified atom stereocenters. The zero-order valence-corrected chi connectivity index (χ0v) is 17.2. The number of rotatable bonds is 11. The number of aliphatic imine (C=N–C) groups is 2. The molecule has 0 fully saturated rings. The van der Waals surface area contributed by atoms with Gasteiger partial charge in [0.2, 0.25) is 11.8 Å². The van der Waals surface area contributed by atoms with E-state index in [1.165, 1.54) is 0 Å². The first-order valence-electron chi connectivity index (χ1n) is 10.7. The average molecular weight is 408 g/mol. The summed E-state index contributed by atoms with van der Waals surface area (Å²) >= 11 is 0. The molecule has 0 N–H and O–H groups in total. The predicted octanol–water partition coefficient (Wildman–Crippen LogP) is 4.26. The summed E-state index contributed by atoms with van der Waals surface area (Å²) in [5, 5.41) is 0. The van der Waals surface area contributed by atoms with Gasteiger partial charge in [-0.25, -0.2) is 9.98 Å². The smallest absolute Gasteiger partial charge is 0.216 e. The summed E-state index contributed by atoms with van der Waals surface area (Å²) in [5.74, 6) is 3.24. The molecule has 4 rings (SSSR count). The maximum atomic E-state index is 5.82. The molecule has 6 nitrogen and oxygen atoms in total. The van der Waals surface area contributed by atoms with Crippen LogP contribution in [0.4, 0.5) is 0 Å². The predicted molar refractivity (Wildman–Crippen MR) is 117 cm³/mol. The van der Waals surface area contributed by atoms with Crippen LogP contribution in [-0.2, 0) is 9.47 Å². The summed E-state index contributed by atoms with van der Waals surface area (Å²) in [7, 11) is 0. The van der Waals surface area contributed by atoms with Gasteiger partial charge in [-0.05, 0) is 74.2 Å². The van der Waals surface area contributed by atoms with Crippen molar-refractivity contribution < 1.29 is 18.9 Å². The maximum absolute atomic E-state index is 5.82. The van der Waals surface area contributed by atoms with Crippen LogP contribution in [-0.4, -0.2) is 51.3 Å². The lowest BCUT2D eigenvalue weighted by Crippen LogP contribution is -2.02. The summed E-state index contributed by atoms with van der Waals surface area (Å²) < 4.78 is 22.6. The van der Waals surface area contributed by atoms with E-state index in [4.69, 9.17) is 18.9 Å². The Kier molecular flexibility index (Phi) is 7.21. The molecule has 2 heterocycles. The molecule has 0 atom stereocenters. The minimum atomic E-state index is 0.677. The van der Waals surface area contributed by atoms with Gasteiger partial charge in [0.1, 0.15) is 24.7 Å². The van der Waals surface area contributed by atoms with Crippen molar-refractivity contribution in [2.24, 2.45) is 9.98 Å². The van der Waals surface area contributed by atoms with Crippen LogP contribution in [0.5, 0.6) is 11.5 Å². The van der Waals surface area contributed by atoms with Crippen LogP contribution >= 0.6 is 0 Å². The number of benzene rings is 2. The molecule has 2 aromatic carbocycles. The monoisotopic (exact) mass is 408 g/mol. The van der Waals surface area contributed by atoms with Gasteiger partial charge in [-0.15, -0.1) is 0 Å². The third-order valence-corrected chi connectivity index (χ3v) is 4.95. The Morgan fingerprint density at radius 2 is 1.03 bits per heavy atom. The number of hydrogen-bond donors (Lipinski definition) is 0. The van der Waals surface area contributed by atoms with E-state index >= 15 is 0 Å². The molecular weight excluding hydrogens is 380 g/mol. The van der Waals surface area contributed by atoms with E-state index in [0.29, 0.717) is 13.2 Å². The maximum Gasteiger partial charge on any atom is 0.216 e. The average Bonchev–Trinajstić information content (AvgIpc) is 3.51. The van der Waals surface area contributed by atoms with Crippen LogP contribution in [0.25, 0.3) is 0 Å². The van der Waals surface area contributed by atoms with E-state index in [2.05, 4.69) is 9.98 Å². The first-order valence-corrected chi connectivity index (χ1v) is 10.7.